The molecule has 2 fully saturated rings. The van der Waals surface area contributed by atoms with Gasteiger partial charge in [-0.15, -0.1) is 0 Å². The van der Waals surface area contributed by atoms with E-state index in [1.807, 2.05) is 12.1 Å². The number of nitrogens with zero attached hydrogens (tertiary/aromatic N) is 4. The maximum absolute atomic E-state index is 12.4. The number of aromatic nitrogens is 3. The molecule has 126 valence electrons. The highest BCUT2D eigenvalue weighted by molar-refractivity contribution is 7.82. The van der Waals surface area contributed by atoms with Crippen molar-refractivity contribution in [2.45, 2.75) is 18.8 Å². The van der Waals surface area contributed by atoms with Gasteiger partial charge in [0.25, 0.3) is 0 Å². The van der Waals surface area contributed by atoms with Crippen LogP contribution in [-0.4, -0.2) is 42.3 Å². The molecular formula is C18H17N5OS. The second kappa shape index (κ2) is 5.61. The van der Waals surface area contributed by atoms with E-state index in [4.69, 9.17) is 10.2 Å². The molecule has 2 unspecified atom stereocenters. The molecule has 0 spiro atoms. The first-order valence-corrected chi connectivity index (χ1v) is 9.81. The highest BCUT2D eigenvalue weighted by atomic mass is 32.2. The first kappa shape index (κ1) is 15.0. The maximum Gasteiger partial charge on any atom is 0.112 e. The van der Waals surface area contributed by atoms with E-state index in [1.54, 1.807) is 12.3 Å². The molecule has 0 amide bonds. The van der Waals surface area contributed by atoms with Crippen molar-refractivity contribution in [2.75, 3.05) is 18.8 Å². The number of benzene rings is 1. The van der Waals surface area contributed by atoms with E-state index in [2.05, 4.69) is 20.3 Å². The average Bonchev–Trinajstić information content (AvgIpc) is 3.21. The van der Waals surface area contributed by atoms with Crippen LogP contribution < -0.4 is 0 Å². The molecule has 1 saturated carbocycles. The minimum atomic E-state index is -0.911. The molecule has 3 aromatic rings. The van der Waals surface area contributed by atoms with Crippen LogP contribution in [-0.2, 0) is 11.0 Å². The van der Waals surface area contributed by atoms with Crippen molar-refractivity contribution < 1.29 is 4.21 Å². The number of nitriles is 1. The molecule has 0 radical (unpaired) electrons. The van der Waals surface area contributed by atoms with Crippen LogP contribution in [0.15, 0.2) is 24.4 Å². The van der Waals surface area contributed by atoms with E-state index < -0.39 is 11.0 Å². The van der Waals surface area contributed by atoms with Gasteiger partial charge in [-0.05, 0) is 37.0 Å². The Bertz CT molecular complexity index is 1050. The Morgan fingerprint density at radius 3 is 3.08 bits per heavy atom. The minimum Gasteiger partial charge on any atom is -0.340 e. The van der Waals surface area contributed by atoms with Gasteiger partial charge in [0, 0.05) is 30.1 Å². The third-order valence-corrected chi connectivity index (χ3v) is 6.63. The Hall–Kier alpha value is -2.30. The fraction of sp³-hybridized carbons (Fsp3) is 0.389. The van der Waals surface area contributed by atoms with Crippen LogP contribution in [0.2, 0.25) is 0 Å². The van der Waals surface area contributed by atoms with E-state index in [-0.39, 0.29) is 5.92 Å². The third-order valence-electron chi connectivity index (χ3n) is 5.06. The highest BCUT2D eigenvalue weighted by Gasteiger charge is 2.35. The Balaban J connectivity index is 1.53. The molecule has 5 rings (SSSR count). The molecule has 1 aliphatic carbocycles. The predicted molar refractivity (Wildman–Crippen MR) is 96.2 cm³/mol. The number of fused-ring (bicyclic) bond motifs is 3. The summed E-state index contributed by atoms with van der Waals surface area (Å²) in [4.78, 5) is 12.6. The summed E-state index contributed by atoms with van der Waals surface area (Å²) in [6, 6.07) is 7.62. The molecule has 7 heteroatoms. The lowest BCUT2D eigenvalue weighted by atomic mass is 10.1. The van der Waals surface area contributed by atoms with Crippen LogP contribution in [0.1, 0.15) is 30.1 Å². The van der Waals surface area contributed by atoms with Gasteiger partial charge in [0.1, 0.15) is 5.82 Å². The van der Waals surface area contributed by atoms with E-state index >= 15 is 0 Å². The summed E-state index contributed by atoms with van der Waals surface area (Å²) in [5, 5.41) is 10.0. The van der Waals surface area contributed by atoms with Gasteiger partial charge in [0.05, 0.1) is 45.4 Å². The van der Waals surface area contributed by atoms with E-state index in [0.717, 1.165) is 46.8 Å². The number of pyridine rings is 1. The first-order chi connectivity index (χ1) is 12.2. The standard InChI is InChI=1S/C18H17N5OS/c19-6-12-3-4-15-14(5-12)17-16(7-20-15)21-18(22-17)13-9-23(25(24)10-13)8-11-1-2-11/h3-5,7,11,13H,1-2,8-10H2,(H,21,22). The molecule has 2 atom stereocenters. The first-order valence-electron chi connectivity index (χ1n) is 8.53. The molecule has 1 aromatic carbocycles. The van der Waals surface area contributed by atoms with Gasteiger partial charge in [-0.25, -0.2) is 13.5 Å². The zero-order chi connectivity index (χ0) is 17.0. The Morgan fingerprint density at radius 2 is 2.28 bits per heavy atom. The van der Waals surface area contributed by atoms with Crippen molar-refractivity contribution in [3.8, 4) is 6.07 Å². The van der Waals surface area contributed by atoms with E-state index in [1.165, 1.54) is 12.8 Å². The van der Waals surface area contributed by atoms with Gasteiger partial charge < -0.3 is 4.98 Å². The number of nitrogens with one attached hydrogen (secondary N) is 1. The smallest absolute Gasteiger partial charge is 0.112 e. The predicted octanol–water partition coefficient (Wildman–Crippen LogP) is 2.46. The molecule has 1 N–H and O–H groups in total. The molecule has 3 heterocycles. The quantitative estimate of drug-likeness (QED) is 0.785. The third kappa shape index (κ3) is 2.62. The zero-order valence-electron chi connectivity index (χ0n) is 13.6. The van der Waals surface area contributed by atoms with Gasteiger partial charge in [0.15, 0.2) is 0 Å². The molecule has 25 heavy (non-hydrogen) atoms. The lowest BCUT2D eigenvalue weighted by Gasteiger charge is -2.12. The van der Waals surface area contributed by atoms with Crippen LogP contribution in [0.3, 0.4) is 0 Å². The van der Waals surface area contributed by atoms with Gasteiger partial charge in [-0.3, -0.25) is 4.98 Å². The van der Waals surface area contributed by atoms with Crippen LogP contribution in [0.5, 0.6) is 0 Å². The van der Waals surface area contributed by atoms with Crippen molar-refractivity contribution in [3.05, 3.63) is 35.8 Å². The Labute approximate surface area is 147 Å². The number of hydrogen-bond acceptors (Lipinski definition) is 4. The Kier molecular flexibility index (Phi) is 3.37. The number of rotatable bonds is 3. The number of aromatic amines is 1. The summed E-state index contributed by atoms with van der Waals surface area (Å²) < 4.78 is 14.5. The lowest BCUT2D eigenvalue weighted by molar-refractivity contribution is 0.432. The molecule has 1 saturated heterocycles. The topological polar surface area (TPSA) is 85.7 Å². The van der Waals surface area contributed by atoms with Crippen LogP contribution in [0.4, 0.5) is 0 Å². The van der Waals surface area contributed by atoms with Gasteiger partial charge in [-0.1, -0.05) is 0 Å². The number of imidazole rings is 1. The lowest BCUT2D eigenvalue weighted by Crippen LogP contribution is -2.23. The van der Waals surface area contributed by atoms with Gasteiger partial charge >= 0.3 is 0 Å². The molecule has 0 bridgehead atoms. The second-order valence-electron chi connectivity index (χ2n) is 6.96. The Morgan fingerprint density at radius 1 is 1.40 bits per heavy atom. The molecule has 2 aromatic heterocycles. The summed E-state index contributed by atoms with van der Waals surface area (Å²) in [6.07, 6.45) is 4.32. The number of hydrogen-bond donors (Lipinski definition) is 1. The molecule has 6 nitrogen and oxygen atoms in total. The van der Waals surface area contributed by atoms with Crippen molar-refractivity contribution >= 4 is 32.9 Å². The summed E-state index contributed by atoms with van der Waals surface area (Å²) in [5.41, 5.74) is 3.13. The second-order valence-corrected chi connectivity index (χ2v) is 8.45. The van der Waals surface area contributed by atoms with Crippen LogP contribution in [0.25, 0.3) is 21.9 Å². The molecule has 2 aliphatic rings. The van der Waals surface area contributed by atoms with Crippen LogP contribution in [0, 0.1) is 17.2 Å². The monoisotopic (exact) mass is 351 g/mol. The minimum absolute atomic E-state index is 0.154. The maximum atomic E-state index is 12.4. The zero-order valence-corrected chi connectivity index (χ0v) is 14.4. The normalized spacial score (nSPS) is 24.1. The number of H-pyrrole nitrogens is 1. The van der Waals surface area contributed by atoms with Crippen molar-refractivity contribution in [1.82, 2.24) is 19.3 Å². The fourth-order valence-corrected chi connectivity index (χ4v) is 5.05. The summed E-state index contributed by atoms with van der Waals surface area (Å²) in [7, 11) is -0.911. The molecule has 1 aliphatic heterocycles. The summed E-state index contributed by atoms with van der Waals surface area (Å²) >= 11 is 0. The van der Waals surface area contributed by atoms with E-state index in [0.29, 0.717) is 11.3 Å². The van der Waals surface area contributed by atoms with Crippen LogP contribution >= 0.6 is 0 Å². The summed E-state index contributed by atoms with van der Waals surface area (Å²) in [6.45, 7) is 1.73. The van der Waals surface area contributed by atoms with Gasteiger partial charge in [0.2, 0.25) is 0 Å². The van der Waals surface area contributed by atoms with Crippen molar-refractivity contribution in [1.29, 1.82) is 5.26 Å². The summed E-state index contributed by atoms with van der Waals surface area (Å²) in [5.74, 6) is 2.39. The van der Waals surface area contributed by atoms with Crippen molar-refractivity contribution in [3.63, 3.8) is 0 Å². The largest absolute Gasteiger partial charge is 0.340 e. The van der Waals surface area contributed by atoms with E-state index in [9.17, 15) is 4.21 Å². The highest BCUT2D eigenvalue weighted by Crippen LogP contribution is 2.34. The average molecular weight is 351 g/mol. The SMILES string of the molecule is N#Cc1ccc2ncc3[nH]c(C4CN(CC5CC5)S(=O)C4)nc3c2c1. The molecular weight excluding hydrogens is 334 g/mol. The fourth-order valence-electron chi connectivity index (χ4n) is 3.51. The van der Waals surface area contributed by atoms with Gasteiger partial charge in [-0.2, -0.15) is 5.26 Å². The van der Waals surface area contributed by atoms with Crippen molar-refractivity contribution in [2.24, 2.45) is 5.92 Å².